The molecule has 0 bridgehead atoms. The van der Waals surface area contributed by atoms with Gasteiger partial charge in [0.25, 0.3) is 0 Å². The van der Waals surface area contributed by atoms with Crippen LogP contribution in [0.15, 0.2) is 43.0 Å². The third-order valence-electron chi connectivity index (χ3n) is 3.92. The lowest BCUT2D eigenvalue weighted by Gasteiger charge is -2.22. The normalized spacial score (nSPS) is 22.7. The maximum Gasteiger partial charge on any atom is 0.407 e. The quantitative estimate of drug-likeness (QED) is 0.459. The van der Waals surface area contributed by atoms with E-state index >= 15 is 0 Å². The Hall–Kier alpha value is -2.18. The Balaban J connectivity index is 1.88. The highest BCUT2D eigenvalue weighted by atomic mass is 16.7. The van der Waals surface area contributed by atoms with E-state index in [-0.39, 0.29) is 24.9 Å². The Bertz CT molecular complexity index is 623. The van der Waals surface area contributed by atoms with E-state index in [0.717, 1.165) is 0 Å². The molecule has 1 saturated heterocycles. The van der Waals surface area contributed by atoms with Crippen molar-refractivity contribution in [3.8, 4) is 0 Å². The third-order valence-corrected chi connectivity index (χ3v) is 3.92. The number of carbonyl (C=O) groups is 2. The molecule has 1 amide bonds. The van der Waals surface area contributed by atoms with E-state index < -0.39 is 23.9 Å². The molecule has 6 nitrogen and oxygen atoms in total. The first-order valence-corrected chi connectivity index (χ1v) is 8.73. The fourth-order valence-corrected chi connectivity index (χ4v) is 2.74. The summed E-state index contributed by atoms with van der Waals surface area (Å²) in [6.45, 7) is 10.0. The van der Waals surface area contributed by atoms with Crippen LogP contribution in [0.3, 0.4) is 0 Å². The lowest BCUT2D eigenvalue weighted by atomic mass is 9.87. The summed E-state index contributed by atoms with van der Waals surface area (Å²) < 4.78 is 16.5. The Morgan fingerprint density at radius 1 is 1.31 bits per heavy atom. The molecule has 0 radical (unpaired) electrons. The molecule has 1 aliphatic heterocycles. The maximum atomic E-state index is 12.8. The molecule has 26 heavy (non-hydrogen) atoms. The number of rotatable bonds is 7. The number of hydrogen-bond acceptors (Lipinski definition) is 5. The summed E-state index contributed by atoms with van der Waals surface area (Å²) in [5, 5.41) is 2.62. The second-order valence-corrected chi connectivity index (χ2v) is 7.16. The lowest BCUT2D eigenvalue weighted by molar-refractivity contribution is -0.122. The van der Waals surface area contributed by atoms with Gasteiger partial charge in [-0.15, -0.1) is 6.58 Å². The van der Waals surface area contributed by atoms with E-state index in [2.05, 4.69) is 11.9 Å². The zero-order chi connectivity index (χ0) is 19.2. The van der Waals surface area contributed by atoms with Crippen LogP contribution >= 0.6 is 0 Å². The van der Waals surface area contributed by atoms with Crippen LogP contribution in [-0.2, 0) is 14.2 Å². The molecule has 1 aliphatic rings. The van der Waals surface area contributed by atoms with Gasteiger partial charge in [0.1, 0.15) is 5.60 Å². The maximum absolute atomic E-state index is 12.8. The van der Waals surface area contributed by atoms with Crippen LogP contribution in [0, 0.1) is 11.8 Å². The number of hydrogen-bond donors (Lipinski definition) is 1. The molecule has 142 valence electrons. The van der Waals surface area contributed by atoms with E-state index in [9.17, 15) is 9.59 Å². The van der Waals surface area contributed by atoms with Crippen molar-refractivity contribution in [1.29, 1.82) is 0 Å². The molecular formula is C20H27NO5. The number of ketones is 1. The van der Waals surface area contributed by atoms with Crippen LogP contribution < -0.4 is 5.32 Å². The molecule has 1 aromatic rings. The van der Waals surface area contributed by atoms with Crippen LogP contribution in [-0.4, -0.2) is 43.5 Å². The average Bonchev–Trinajstić information content (AvgIpc) is 3.00. The Morgan fingerprint density at radius 3 is 2.62 bits per heavy atom. The van der Waals surface area contributed by atoms with Crippen LogP contribution in [0.2, 0.25) is 0 Å². The highest BCUT2D eigenvalue weighted by Gasteiger charge is 2.41. The molecule has 0 spiro atoms. The van der Waals surface area contributed by atoms with Gasteiger partial charge >= 0.3 is 6.09 Å². The first-order valence-electron chi connectivity index (χ1n) is 8.73. The molecule has 0 saturated carbocycles. The summed E-state index contributed by atoms with van der Waals surface area (Å²) in [7, 11) is 0. The van der Waals surface area contributed by atoms with Crippen molar-refractivity contribution in [2.24, 2.45) is 11.8 Å². The van der Waals surface area contributed by atoms with Gasteiger partial charge in [0.15, 0.2) is 12.1 Å². The summed E-state index contributed by atoms with van der Waals surface area (Å²) in [5.41, 5.74) is 0.0690. The van der Waals surface area contributed by atoms with Gasteiger partial charge in [-0.05, 0) is 20.8 Å². The molecule has 1 N–H and O–H groups in total. The van der Waals surface area contributed by atoms with Gasteiger partial charge in [-0.25, -0.2) is 4.79 Å². The molecule has 1 aromatic carbocycles. The highest BCUT2D eigenvalue weighted by Crippen LogP contribution is 2.31. The molecular weight excluding hydrogens is 334 g/mol. The summed E-state index contributed by atoms with van der Waals surface area (Å²) in [4.78, 5) is 24.4. The summed E-state index contributed by atoms with van der Waals surface area (Å²) in [6.07, 6.45) is 0.564. The topological polar surface area (TPSA) is 73.9 Å². The minimum atomic E-state index is -0.661. The van der Waals surface area contributed by atoms with Crippen molar-refractivity contribution in [2.75, 3.05) is 19.8 Å². The van der Waals surface area contributed by atoms with Crippen LogP contribution in [0.25, 0.3) is 0 Å². The Morgan fingerprint density at radius 2 is 2.00 bits per heavy atom. The van der Waals surface area contributed by atoms with E-state index in [1.807, 2.05) is 18.2 Å². The van der Waals surface area contributed by atoms with Gasteiger partial charge in [0.2, 0.25) is 0 Å². The smallest absolute Gasteiger partial charge is 0.407 e. The summed E-state index contributed by atoms with van der Waals surface area (Å²) in [6, 6.07) is 9.08. The van der Waals surface area contributed by atoms with Gasteiger partial charge in [0.05, 0.1) is 19.1 Å². The largest absolute Gasteiger partial charge is 0.444 e. The zero-order valence-corrected chi connectivity index (χ0v) is 15.6. The second-order valence-electron chi connectivity index (χ2n) is 7.16. The monoisotopic (exact) mass is 361 g/mol. The molecule has 1 fully saturated rings. The number of carbonyl (C=O) groups excluding carboxylic acids is 2. The van der Waals surface area contributed by atoms with Gasteiger partial charge in [0, 0.05) is 18.0 Å². The lowest BCUT2D eigenvalue weighted by Crippen LogP contribution is -2.36. The zero-order valence-electron chi connectivity index (χ0n) is 15.6. The molecule has 0 unspecified atom stereocenters. The molecule has 6 heteroatoms. The number of Topliss-reactive ketones (excluding diaryl/α,β-unsaturated/α-hetero) is 1. The molecule has 3 atom stereocenters. The summed E-state index contributed by atoms with van der Waals surface area (Å²) >= 11 is 0. The summed E-state index contributed by atoms with van der Waals surface area (Å²) in [5.74, 6) is -0.582. The second kappa shape index (κ2) is 8.96. The van der Waals surface area contributed by atoms with Gasteiger partial charge in [-0.3, -0.25) is 4.79 Å². The molecule has 0 aromatic heterocycles. The first-order chi connectivity index (χ1) is 12.3. The average molecular weight is 361 g/mol. The minimum absolute atomic E-state index is 0.0295. The van der Waals surface area contributed by atoms with Crippen LogP contribution in [0.4, 0.5) is 4.79 Å². The van der Waals surface area contributed by atoms with Crippen LogP contribution in [0.1, 0.15) is 31.1 Å². The Labute approximate surface area is 154 Å². The van der Waals surface area contributed by atoms with Gasteiger partial charge in [-0.1, -0.05) is 36.4 Å². The number of amides is 1. The van der Waals surface area contributed by atoms with E-state index in [4.69, 9.17) is 14.2 Å². The molecule has 0 aliphatic carbocycles. The SMILES string of the molecule is C=C[C@H]1CO[C@H](OCCNC(=O)OC(C)(C)C)[C@H]1C(=O)c1ccccc1. The third kappa shape index (κ3) is 5.68. The fourth-order valence-electron chi connectivity index (χ4n) is 2.74. The minimum Gasteiger partial charge on any atom is -0.444 e. The standard InChI is InChI=1S/C20H27NO5/c1-5-14-13-25-18(16(14)17(22)15-9-7-6-8-10-15)24-12-11-21-19(23)26-20(2,3)4/h5-10,14,16,18H,1,11-13H2,2-4H3,(H,21,23)/t14-,16+,18-/m0/s1. The van der Waals surface area contributed by atoms with Crippen molar-refractivity contribution in [1.82, 2.24) is 5.32 Å². The number of benzene rings is 1. The van der Waals surface area contributed by atoms with E-state index in [1.54, 1.807) is 39.0 Å². The Kier molecular flexibility index (Phi) is 6.94. The van der Waals surface area contributed by atoms with Crippen molar-refractivity contribution in [3.05, 3.63) is 48.6 Å². The van der Waals surface area contributed by atoms with Gasteiger partial charge < -0.3 is 19.5 Å². The molecule has 1 heterocycles. The van der Waals surface area contributed by atoms with Crippen molar-refractivity contribution >= 4 is 11.9 Å². The van der Waals surface area contributed by atoms with Crippen molar-refractivity contribution < 1.29 is 23.8 Å². The number of alkyl carbamates (subject to hydrolysis) is 1. The number of ether oxygens (including phenoxy) is 3. The fraction of sp³-hybridized carbons (Fsp3) is 0.500. The molecule has 2 rings (SSSR count). The van der Waals surface area contributed by atoms with Crippen LogP contribution in [0.5, 0.6) is 0 Å². The predicted octanol–water partition coefficient (Wildman–Crippen LogP) is 3.19. The number of nitrogens with one attached hydrogen (secondary N) is 1. The van der Waals surface area contributed by atoms with E-state index in [1.165, 1.54) is 0 Å². The van der Waals surface area contributed by atoms with E-state index in [0.29, 0.717) is 12.2 Å². The predicted molar refractivity (Wildman–Crippen MR) is 97.9 cm³/mol. The first kappa shape index (κ1) is 20.1. The van der Waals surface area contributed by atoms with Gasteiger partial charge in [-0.2, -0.15) is 0 Å². The highest BCUT2D eigenvalue weighted by molar-refractivity contribution is 5.98. The van der Waals surface area contributed by atoms with Crippen molar-refractivity contribution in [2.45, 2.75) is 32.7 Å². The van der Waals surface area contributed by atoms with Crippen molar-refractivity contribution in [3.63, 3.8) is 0 Å².